The second kappa shape index (κ2) is 8.74. The molecule has 0 unspecified atom stereocenters. The highest BCUT2D eigenvalue weighted by Gasteiger charge is 2.20. The fourth-order valence-corrected chi connectivity index (χ4v) is 3.25. The molecule has 154 valence electrons. The number of carbonyl (C=O) groups is 2. The van der Waals surface area contributed by atoms with Crippen molar-refractivity contribution >= 4 is 29.1 Å². The molecule has 0 radical (unpaired) electrons. The van der Waals surface area contributed by atoms with E-state index in [9.17, 15) is 9.59 Å². The highest BCUT2D eigenvalue weighted by molar-refractivity contribution is 6.32. The van der Waals surface area contributed by atoms with Gasteiger partial charge in [-0.05, 0) is 50.6 Å². The molecule has 1 aliphatic heterocycles. The van der Waals surface area contributed by atoms with Gasteiger partial charge in [0.25, 0.3) is 5.91 Å². The van der Waals surface area contributed by atoms with Crippen molar-refractivity contribution in [3.8, 4) is 11.5 Å². The smallest absolute Gasteiger partial charge is 0.253 e. The molecule has 3 rings (SSSR count). The molecule has 6 nitrogen and oxygen atoms in total. The van der Waals surface area contributed by atoms with Gasteiger partial charge in [-0.2, -0.15) is 0 Å². The summed E-state index contributed by atoms with van der Waals surface area (Å²) in [5.74, 6) is 0.555. The molecule has 0 saturated heterocycles. The Hall–Kier alpha value is -2.73. The summed E-state index contributed by atoms with van der Waals surface area (Å²) in [6.45, 7) is 6.79. The molecule has 1 heterocycles. The van der Waals surface area contributed by atoms with E-state index in [-0.39, 0.29) is 23.8 Å². The van der Waals surface area contributed by atoms with Crippen molar-refractivity contribution in [1.82, 2.24) is 5.32 Å². The van der Waals surface area contributed by atoms with Crippen molar-refractivity contribution in [1.29, 1.82) is 0 Å². The number of nitrogens with one attached hydrogen (secondary N) is 2. The number of halogens is 1. The van der Waals surface area contributed by atoms with Gasteiger partial charge in [0.15, 0.2) is 11.5 Å². The van der Waals surface area contributed by atoms with Crippen molar-refractivity contribution in [2.75, 3.05) is 18.5 Å². The summed E-state index contributed by atoms with van der Waals surface area (Å²) in [5, 5.41) is 6.14. The molecule has 2 N–H and O–H groups in total. The highest BCUT2D eigenvalue weighted by Crippen LogP contribution is 2.38. The quantitative estimate of drug-likeness (QED) is 0.782. The first-order valence-corrected chi connectivity index (χ1v) is 9.90. The summed E-state index contributed by atoms with van der Waals surface area (Å²) in [6.07, 6.45) is 0.861. The Labute approximate surface area is 175 Å². The lowest BCUT2D eigenvalue weighted by Gasteiger charge is -2.21. The van der Waals surface area contributed by atoms with Gasteiger partial charge in [-0.3, -0.25) is 9.59 Å². The molecule has 0 fully saturated rings. The van der Waals surface area contributed by atoms with Crippen molar-refractivity contribution in [2.45, 2.75) is 39.2 Å². The van der Waals surface area contributed by atoms with Gasteiger partial charge in [-0.1, -0.05) is 23.7 Å². The fourth-order valence-electron chi connectivity index (χ4n) is 2.96. The first kappa shape index (κ1) is 21.0. The Morgan fingerprint density at radius 1 is 1.10 bits per heavy atom. The van der Waals surface area contributed by atoms with E-state index in [2.05, 4.69) is 10.6 Å². The summed E-state index contributed by atoms with van der Waals surface area (Å²) in [7, 11) is 0. The van der Waals surface area contributed by atoms with Gasteiger partial charge in [-0.15, -0.1) is 0 Å². The zero-order valence-corrected chi connectivity index (χ0v) is 17.6. The van der Waals surface area contributed by atoms with Crippen LogP contribution in [0.3, 0.4) is 0 Å². The van der Waals surface area contributed by atoms with Crippen LogP contribution in [0.2, 0.25) is 5.02 Å². The van der Waals surface area contributed by atoms with Gasteiger partial charge in [0.2, 0.25) is 5.91 Å². The average Bonchev–Trinajstić information content (AvgIpc) is 2.86. The molecule has 2 aromatic carbocycles. The number of benzene rings is 2. The number of hydrogen-bond acceptors (Lipinski definition) is 4. The Bertz CT molecular complexity index is 922. The monoisotopic (exact) mass is 416 g/mol. The third-order valence-corrected chi connectivity index (χ3v) is 4.44. The van der Waals surface area contributed by atoms with Crippen LogP contribution < -0.4 is 20.1 Å². The predicted octanol–water partition coefficient (Wildman–Crippen LogP) is 4.21. The summed E-state index contributed by atoms with van der Waals surface area (Å²) in [5.41, 5.74) is 1.19. The van der Waals surface area contributed by atoms with Crippen LogP contribution in [0.4, 0.5) is 5.69 Å². The standard InChI is InChI=1S/C22H25ClN2O4/c1-22(2,3)25-21(27)15-7-4-5-8-17(15)24-19(26)13-14-11-16(23)20-18(12-14)28-9-6-10-29-20/h4-5,7-8,11-12H,6,9-10,13H2,1-3H3,(H,24,26)(H,25,27). The molecule has 2 aromatic rings. The topological polar surface area (TPSA) is 76.7 Å². The highest BCUT2D eigenvalue weighted by atomic mass is 35.5. The van der Waals surface area contributed by atoms with E-state index in [0.29, 0.717) is 46.5 Å². The minimum Gasteiger partial charge on any atom is -0.489 e. The molecular formula is C22H25ClN2O4. The summed E-state index contributed by atoms with van der Waals surface area (Å²) in [4.78, 5) is 25.2. The minimum absolute atomic E-state index is 0.0889. The van der Waals surface area contributed by atoms with Gasteiger partial charge in [0.1, 0.15) is 0 Å². The van der Waals surface area contributed by atoms with Crippen molar-refractivity contribution in [3.05, 3.63) is 52.5 Å². The SMILES string of the molecule is CC(C)(C)NC(=O)c1ccccc1NC(=O)Cc1cc(Cl)c2c(c1)OCCCO2. The maximum atomic E-state index is 12.6. The number of amides is 2. The Morgan fingerprint density at radius 2 is 1.83 bits per heavy atom. The minimum atomic E-state index is -0.380. The lowest BCUT2D eigenvalue weighted by molar-refractivity contribution is -0.115. The van der Waals surface area contributed by atoms with E-state index < -0.39 is 0 Å². The first-order valence-electron chi connectivity index (χ1n) is 9.52. The van der Waals surface area contributed by atoms with Crippen LogP contribution in [-0.4, -0.2) is 30.6 Å². The Morgan fingerprint density at radius 3 is 2.59 bits per heavy atom. The van der Waals surface area contributed by atoms with Crippen LogP contribution >= 0.6 is 11.6 Å². The molecule has 0 aliphatic carbocycles. The van der Waals surface area contributed by atoms with Crippen LogP contribution in [0.15, 0.2) is 36.4 Å². The van der Waals surface area contributed by atoms with Gasteiger partial charge in [0, 0.05) is 12.0 Å². The largest absolute Gasteiger partial charge is 0.489 e. The second-order valence-corrected chi connectivity index (χ2v) is 8.34. The van der Waals surface area contributed by atoms with E-state index in [1.165, 1.54) is 0 Å². The molecule has 0 saturated carbocycles. The third-order valence-electron chi connectivity index (χ3n) is 4.16. The zero-order valence-electron chi connectivity index (χ0n) is 16.8. The van der Waals surface area contributed by atoms with Crippen LogP contribution in [-0.2, 0) is 11.2 Å². The van der Waals surface area contributed by atoms with Crippen LogP contribution in [0.5, 0.6) is 11.5 Å². The van der Waals surface area contributed by atoms with E-state index in [1.54, 1.807) is 36.4 Å². The number of anilines is 1. The molecule has 7 heteroatoms. The number of hydrogen-bond donors (Lipinski definition) is 2. The van der Waals surface area contributed by atoms with Gasteiger partial charge in [0.05, 0.1) is 35.9 Å². The maximum absolute atomic E-state index is 12.6. The van der Waals surface area contributed by atoms with Crippen LogP contribution in [0.25, 0.3) is 0 Å². The van der Waals surface area contributed by atoms with Crippen LogP contribution in [0.1, 0.15) is 43.1 Å². The lowest BCUT2D eigenvalue weighted by atomic mass is 10.1. The maximum Gasteiger partial charge on any atom is 0.253 e. The normalized spacial score (nSPS) is 13.4. The van der Waals surface area contributed by atoms with E-state index in [1.807, 2.05) is 20.8 Å². The first-order chi connectivity index (χ1) is 13.7. The summed E-state index contributed by atoms with van der Waals surface area (Å²) >= 11 is 6.30. The lowest BCUT2D eigenvalue weighted by Crippen LogP contribution is -2.40. The molecule has 0 bridgehead atoms. The van der Waals surface area contributed by atoms with Crippen molar-refractivity contribution in [3.63, 3.8) is 0 Å². The number of ether oxygens (including phenoxy) is 2. The van der Waals surface area contributed by atoms with E-state index in [4.69, 9.17) is 21.1 Å². The van der Waals surface area contributed by atoms with Crippen molar-refractivity contribution < 1.29 is 19.1 Å². The number of rotatable bonds is 4. The van der Waals surface area contributed by atoms with Gasteiger partial charge >= 0.3 is 0 Å². The van der Waals surface area contributed by atoms with Crippen LogP contribution in [0, 0.1) is 0 Å². The van der Waals surface area contributed by atoms with E-state index >= 15 is 0 Å². The fraction of sp³-hybridized carbons (Fsp3) is 0.364. The summed E-state index contributed by atoms with van der Waals surface area (Å²) < 4.78 is 11.3. The predicted molar refractivity (Wildman–Crippen MR) is 113 cm³/mol. The molecule has 0 aromatic heterocycles. The number of carbonyl (C=O) groups excluding carboxylic acids is 2. The van der Waals surface area contributed by atoms with Gasteiger partial charge in [-0.25, -0.2) is 0 Å². The van der Waals surface area contributed by atoms with Gasteiger partial charge < -0.3 is 20.1 Å². The number of fused-ring (bicyclic) bond motifs is 1. The van der Waals surface area contributed by atoms with E-state index in [0.717, 1.165) is 6.42 Å². The molecule has 2 amide bonds. The Kier molecular flexibility index (Phi) is 6.33. The number of para-hydroxylation sites is 1. The average molecular weight is 417 g/mol. The summed E-state index contributed by atoms with van der Waals surface area (Å²) in [6, 6.07) is 10.4. The molecular weight excluding hydrogens is 392 g/mol. The zero-order chi connectivity index (χ0) is 21.0. The second-order valence-electron chi connectivity index (χ2n) is 7.93. The third kappa shape index (κ3) is 5.64. The molecule has 0 spiro atoms. The molecule has 0 atom stereocenters. The molecule has 29 heavy (non-hydrogen) atoms. The van der Waals surface area contributed by atoms with Crippen molar-refractivity contribution in [2.24, 2.45) is 0 Å². The molecule has 1 aliphatic rings. The Balaban J connectivity index is 1.74.